The highest BCUT2D eigenvalue weighted by atomic mass is 79.9. The van der Waals surface area contributed by atoms with Crippen LogP contribution in [0.4, 0.5) is 4.39 Å². The van der Waals surface area contributed by atoms with E-state index in [2.05, 4.69) is 49.1 Å². The molecule has 0 aliphatic heterocycles. The largest absolute Gasteiger partial charge is 0.306 e. The fourth-order valence-electron chi connectivity index (χ4n) is 2.06. The molecule has 0 radical (unpaired) electrons. The van der Waals surface area contributed by atoms with Crippen molar-refractivity contribution in [1.82, 2.24) is 10.3 Å². The monoisotopic (exact) mass is 400 g/mol. The maximum Gasteiger partial charge on any atom is 0.146 e. The molecule has 0 amide bonds. The molecule has 0 aliphatic rings. The number of nitrogens with zero attached hydrogens (tertiary/aromatic N) is 1. The van der Waals surface area contributed by atoms with Gasteiger partial charge < -0.3 is 5.32 Å². The SMILES string of the molecule is CCCNC(c1cc(Br)cc(Br)c1)c1ccncc1F. The summed E-state index contributed by atoms with van der Waals surface area (Å²) in [5.74, 6) is -0.294. The van der Waals surface area contributed by atoms with Gasteiger partial charge in [-0.2, -0.15) is 0 Å². The zero-order valence-corrected chi connectivity index (χ0v) is 14.2. The van der Waals surface area contributed by atoms with Crippen LogP contribution in [0.2, 0.25) is 0 Å². The molecule has 0 spiro atoms. The van der Waals surface area contributed by atoms with E-state index in [1.54, 1.807) is 12.3 Å². The van der Waals surface area contributed by atoms with Gasteiger partial charge in [0.2, 0.25) is 0 Å². The summed E-state index contributed by atoms with van der Waals surface area (Å²) >= 11 is 6.95. The lowest BCUT2D eigenvalue weighted by Crippen LogP contribution is -2.24. The van der Waals surface area contributed by atoms with Crippen LogP contribution in [-0.4, -0.2) is 11.5 Å². The van der Waals surface area contributed by atoms with Crippen LogP contribution in [-0.2, 0) is 0 Å². The van der Waals surface area contributed by atoms with Gasteiger partial charge in [0.25, 0.3) is 0 Å². The zero-order valence-electron chi connectivity index (χ0n) is 11.0. The minimum Gasteiger partial charge on any atom is -0.306 e. The van der Waals surface area contributed by atoms with Gasteiger partial charge in [0.1, 0.15) is 5.82 Å². The Labute approximate surface area is 135 Å². The predicted octanol–water partition coefficient (Wildman–Crippen LogP) is 4.83. The van der Waals surface area contributed by atoms with Crippen LogP contribution in [0, 0.1) is 5.82 Å². The number of hydrogen-bond donors (Lipinski definition) is 1. The molecule has 2 rings (SSSR count). The van der Waals surface area contributed by atoms with E-state index < -0.39 is 0 Å². The quantitative estimate of drug-likeness (QED) is 0.775. The molecule has 106 valence electrons. The van der Waals surface area contributed by atoms with Crippen LogP contribution < -0.4 is 5.32 Å². The lowest BCUT2D eigenvalue weighted by atomic mass is 9.99. The molecule has 0 saturated carbocycles. The molecular weight excluding hydrogens is 387 g/mol. The third-order valence-corrected chi connectivity index (χ3v) is 3.85. The molecule has 2 aromatic rings. The molecule has 2 nitrogen and oxygen atoms in total. The van der Waals surface area contributed by atoms with Gasteiger partial charge in [-0.1, -0.05) is 38.8 Å². The summed E-state index contributed by atoms with van der Waals surface area (Å²) in [6.45, 7) is 2.90. The van der Waals surface area contributed by atoms with Crippen molar-refractivity contribution in [2.24, 2.45) is 0 Å². The summed E-state index contributed by atoms with van der Waals surface area (Å²) in [6, 6.07) is 7.49. The van der Waals surface area contributed by atoms with Gasteiger partial charge in [0.15, 0.2) is 0 Å². The molecule has 1 unspecified atom stereocenters. The van der Waals surface area contributed by atoms with E-state index >= 15 is 0 Å². The molecule has 5 heteroatoms. The lowest BCUT2D eigenvalue weighted by Gasteiger charge is -2.20. The van der Waals surface area contributed by atoms with E-state index in [-0.39, 0.29) is 11.9 Å². The van der Waals surface area contributed by atoms with E-state index in [0.717, 1.165) is 27.5 Å². The average molecular weight is 402 g/mol. The van der Waals surface area contributed by atoms with Crippen molar-refractivity contribution < 1.29 is 4.39 Å². The summed E-state index contributed by atoms with van der Waals surface area (Å²) in [7, 11) is 0. The van der Waals surface area contributed by atoms with Crippen molar-refractivity contribution >= 4 is 31.9 Å². The Balaban J connectivity index is 2.44. The van der Waals surface area contributed by atoms with E-state index in [0.29, 0.717) is 5.56 Å². The first-order chi connectivity index (χ1) is 9.61. The minimum atomic E-state index is -0.294. The third kappa shape index (κ3) is 3.87. The van der Waals surface area contributed by atoms with Crippen LogP contribution in [0.25, 0.3) is 0 Å². The second kappa shape index (κ2) is 7.29. The Hall–Kier alpha value is -0.780. The summed E-state index contributed by atoms with van der Waals surface area (Å²) in [4.78, 5) is 3.82. The molecule has 0 saturated heterocycles. The second-order valence-electron chi connectivity index (χ2n) is 4.49. The number of rotatable bonds is 5. The fourth-order valence-corrected chi connectivity index (χ4v) is 3.39. The Morgan fingerprint density at radius 3 is 2.55 bits per heavy atom. The van der Waals surface area contributed by atoms with Crippen LogP contribution in [0.5, 0.6) is 0 Å². The van der Waals surface area contributed by atoms with Crippen LogP contribution in [0.3, 0.4) is 0 Å². The maximum absolute atomic E-state index is 14.0. The highest BCUT2D eigenvalue weighted by molar-refractivity contribution is 9.11. The Bertz CT molecular complexity index is 570. The number of benzene rings is 1. The second-order valence-corrected chi connectivity index (χ2v) is 6.32. The van der Waals surface area contributed by atoms with Crippen molar-refractivity contribution in [2.75, 3.05) is 6.54 Å². The summed E-state index contributed by atoms with van der Waals surface area (Å²) in [5, 5.41) is 3.39. The number of halogens is 3. The molecule has 1 atom stereocenters. The van der Waals surface area contributed by atoms with E-state index in [1.165, 1.54) is 6.20 Å². The highest BCUT2D eigenvalue weighted by Gasteiger charge is 2.18. The van der Waals surface area contributed by atoms with Crippen molar-refractivity contribution in [3.63, 3.8) is 0 Å². The molecular formula is C15H15Br2FN2. The van der Waals surface area contributed by atoms with Crippen molar-refractivity contribution in [3.05, 3.63) is 62.5 Å². The first-order valence-corrected chi connectivity index (χ1v) is 7.99. The van der Waals surface area contributed by atoms with Crippen LogP contribution in [0.1, 0.15) is 30.5 Å². The Kier molecular flexibility index (Phi) is 5.69. The number of nitrogens with one attached hydrogen (secondary N) is 1. The highest BCUT2D eigenvalue weighted by Crippen LogP contribution is 2.29. The summed E-state index contributed by atoms with van der Waals surface area (Å²) < 4.78 is 15.9. The third-order valence-electron chi connectivity index (χ3n) is 2.93. The normalized spacial score (nSPS) is 12.4. The molecule has 0 fully saturated rings. The van der Waals surface area contributed by atoms with Gasteiger partial charge in [-0.3, -0.25) is 4.98 Å². The van der Waals surface area contributed by atoms with E-state index in [1.807, 2.05) is 18.2 Å². The van der Waals surface area contributed by atoms with Gasteiger partial charge in [0.05, 0.1) is 12.2 Å². The van der Waals surface area contributed by atoms with Crippen molar-refractivity contribution in [2.45, 2.75) is 19.4 Å². The van der Waals surface area contributed by atoms with Gasteiger partial charge >= 0.3 is 0 Å². The smallest absolute Gasteiger partial charge is 0.146 e. The zero-order chi connectivity index (χ0) is 14.5. The molecule has 0 aliphatic carbocycles. The standard InChI is InChI=1S/C15H15Br2FN2/c1-2-4-20-15(13-3-5-19-9-14(13)18)10-6-11(16)8-12(17)7-10/h3,5-9,15,20H,2,4H2,1H3. The summed E-state index contributed by atoms with van der Waals surface area (Å²) in [5.41, 5.74) is 1.61. The molecule has 20 heavy (non-hydrogen) atoms. The molecule has 0 bridgehead atoms. The number of hydrogen-bond acceptors (Lipinski definition) is 2. The summed E-state index contributed by atoms with van der Waals surface area (Å²) in [6.07, 6.45) is 3.85. The van der Waals surface area contributed by atoms with E-state index in [9.17, 15) is 4.39 Å². The topological polar surface area (TPSA) is 24.9 Å². The lowest BCUT2D eigenvalue weighted by molar-refractivity contribution is 0.543. The number of pyridine rings is 1. The van der Waals surface area contributed by atoms with Gasteiger partial charge in [-0.15, -0.1) is 0 Å². The Morgan fingerprint density at radius 2 is 1.95 bits per heavy atom. The molecule has 1 N–H and O–H groups in total. The predicted molar refractivity (Wildman–Crippen MR) is 86.2 cm³/mol. The Morgan fingerprint density at radius 1 is 1.25 bits per heavy atom. The molecule has 1 heterocycles. The first-order valence-electron chi connectivity index (χ1n) is 6.40. The minimum absolute atomic E-state index is 0.188. The molecule has 1 aromatic carbocycles. The van der Waals surface area contributed by atoms with E-state index in [4.69, 9.17) is 0 Å². The van der Waals surface area contributed by atoms with Gasteiger partial charge in [0, 0.05) is 20.7 Å². The first kappa shape index (κ1) is 15.6. The van der Waals surface area contributed by atoms with Gasteiger partial charge in [-0.25, -0.2) is 4.39 Å². The number of aromatic nitrogens is 1. The fraction of sp³-hybridized carbons (Fsp3) is 0.267. The van der Waals surface area contributed by atoms with Crippen LogP contribution in [0.15, 0.2) is 45.6 Å². The van der Waals surface area contributed by atoms with Crippen molar-refractivity contribution in [3.8, 4) is 0 Å². The van der Waals surface area contributed by atoms with Crippen molar-refractivity contribution in [1.29, 1.82) is 0 Å². The maximum atomic E-state index is 14.0. The van der Waals surface area contributed by atoms with Gasteiger partial charge in [-0.05, 0) is 42.8 Å². The van der Waals surface area contributed by atoms with Crippen LogP contribution >= 0.6 is 31.9 Å². The molecule has 1 aromatic heterocycles. The average Bonchev–Trinajstić information content (AvgIpc) is 2.40.